The van der Waals surface area contributed by atoms with Crippen molar-refractivity contribution in [1.29, 1.82) is 0 Å². The lowest BCUT2D eigenvalue weighted by Crippen LogP contribution is -2.13. The SMILES string of the molecule is CCNc1nc(NCc2cscc2C)nc(OC(C)C)n1. The van der Waals surface area contributed by atoms with E-state index < -0.39 is 0 Å². The van der Waals surface area contributed by atoms with Crippen LogP contribution in [0.4, 0.5) is 11.9 Å². The van der Waals surface area contributed by atoms with Gasteiger partial charge in [-0.15, -0.1) is 0 Å². The minimum Gasteiger partial charge on any atom is -0.461 e. The Morgan fingerprint density at radius 2 is 1.86 bits per heavy atom. The first kappa shape index (κ1) is 15.5. The van der Waals surface area contributed by atoms with Crippen LogP contribution in [-0.2, 0) is 6.54 Å². The van der Waals surface area contributed by atoms with Crippen LogP contribution in [0.3, 0.4) is 0 Å². The van der Waals surface area contributed by atoms with E-state index >= 15 is 0 Å². The number of ether oxygens (including phenoxy) is 1. The molecule has 2 rings (SSSR count). The summed E-state index contributed by atoms with van der Waals surface area (Å²) in [5, 5.41) is 10.6. The quantitative estimate of drug-likeness (QED) is 0.819. The molecule has 0 radical (unpaired) electrons. The van der Waals surface area contributed by atoms with E-state index in [0.717, 1.165) is 6.54 Å². The molecule has 2 aromatic rings. The summed E-state index contributed by atoms with van der Waals surface area (Å²) in [6.07, 6.45) is 0.0221. The van der Waals surface area contributed by atoms with Crippen LogP contribution in [0.25, 0.3) is 0 Å². The molecule has 0 bridgehead atoms. The van der Waals surface area contributed by atoms with Crippen LogP contribution in [0.1, 0.15) is 31.9 Å². The summed E-state index contributed by atoms with van der Waals surface area (Å²) in [7, 11) is 0. The topological polar surface area (TPSA) is 72.0 Å². The standard InChI is InChI=1S/C14H21N5OS/c1-5-15-12-17-13(19-14(18-12)20-9(2)3)16-6-11-8-21-7-10(11)4/h7-9H,5-6H2,1-4H3,(H2,15,16,17,18,19). The first-order valence-electron chi connectivity index (χ1n) is 7.00. The van der Waals surface area contributed by atoms with Crippen LogP contribution in [0, 0.1) is 6.92 Å². The molecule has 0 fully saturated rings. The van der Waals surface area contributed by atoms with Crippen molar-refractivity contribution in [3.05, 3.63) is 21.9 Å². The number of thiophene rings is 1. The van der Waals surface area contributed by atoms with Gasteiger partial charge >= 0.3 is 6.01 Å². The summed E-state index contributed by atoms with van der Waals surface area (Å²) in [6, 6.07) is 0.334. The maximum atomic E-state index is 5.56. The largest absolute Gasteiger partial charge is 0.461 e. The van der Waals surface area contributed by atoms with Crippen molar-refractivity contribution in [3.63, 3.8) is 0 Å². The molecule has 0 aliphatic rings. The van der Waals surface area contributed by atoms with Crippen LogP contribution < -0.4 is 15.4 Å². The van der Waals surface area contributed by atoms with Gasteiger partial charge in [0.15, 0.2) is 0 Å². The molecular formula is C14H21N5OS. The molecule has 114 valence electrons. The summed E-state index contributed by atoms with van der Waals surface area (Å²) in [5.41, 5.74) is 2.52. The van der Waals surface area contributed by atoms with E-state index in [0.29, 0.717) is 24.5 Å². The van der Waals surface area contributed by atoms with Gasteiger partial charge in [-0.05, 0) is 49.6 Å². The third-order valence-corrected chi connectivity index (χ3v) is 3.60. The fraction of sp³-hybridized carbons (Fsp3) is 0.500. The molecule has 0 aliphatic heterocycles. The molecule has 2 heterocycles. The summed E-state index contributed by atoms with van der Waals surface area (Å²) in [5.74, 6) is 1.04. The molecule has 0 aromatic carbocycles. The molecule has 2 aromatic heterocycles. The third-order valence-electron chi connectivity index (χ3n) is 2.69. The van der Waals surface area contributed by atoms with E-state index in [1.54, 1.807) is 11.3 Å². The van der Waals surface area contributed by atoms with Crippen molar-refractivity contribution in [2.24, 2.45) is 0 Å². The molecule has 0 amide bonds. The van der Waals surface area contributed by atoms with E-state index in [1.165, 1.54) is 11.1 Å². The molecule has 7 heteroatoms. The Kier molecular flexibility index (Phi) is 5.32. The van der Waals surface area contributed by atoms with E-state index in [-0.39, 0.29) is 6.10 Å². The van der Waals surface area contributed by atoms with Crippen LogP contribution in [-0.4, -0.2) is 27.6 Å². The lowest BCUT2D eigenvalue weighted by Gasteiger charge is -2.11. The number of anilines is 2. The van der Waals surface area contributed by atoms with Crippen molar-refractivity contribution in [3.8, 4) is 6.01 Å². The molecular weight excluding hydrogens is 286 g/mol. The van der Waals surface area contributed by atoms with Gasteiger partial charge in [-0.25, -0.2) is 0 Å². The van der Waals surface area contributed by atoms with Gasteiger partial charge in [-0.1, -0.05) is 0 Å². The molecule has 0 unspecified atom stereocenters. The number of hydrogen-bond acceptors (Lipinski definition) is 7. The first-order valence-corrected chi connectivity index (χ1v) is 7.95. The second kappa shape index (κ2) is 7.21. The zero-order valence-electron chi connectivity index (χ0n) is 12.8. The second-order valence-electron chi connectivity index (χ2n) is 4.90. The lowest BCUT2D eigenvalue weighted by molar-refractivity contribution is 0.222. The third kappa shape index (κ3) is 4.56. The Balaban J connectivity index is 2.13. The molecule has 0 aliphatic carbocycles. The maximum Gasteiger partial charge on any atom is 0.323 e. The fourth-order valence-corrected chi connectivity index (χ4v) is 2.54. The van der Waals surface area contributed by atoms with Crippen LogP contribution >= 0.6 is 11.3 Å². The maximum absolute atomic E-state index is 5.56. The van der Waals surface area contributed by atoms with Crippen molar-refractivity contribution in [2.45, 2.75) is 40.3 Å². The Morgan fingerprint density at radius 3 is 2.43 bits per heavy atom. The summed E-state index contributed by atoms with van der Waals surface area (Å²) >= 11 is 1.69. The average Bonchev–Trinajstić information content (AvgIpc) is 2.81. The number of hydrogen-bond donors (Lipinski definition) is 2. The number of nitrogens with zero attached hydrogens (tertiary/aromatic N) is 3. The number of nitrogens with one attached hydrogen (secondary N) is 2. The molecule has 21 heavy (non-hydrogen) atoms. The van der Waals surface area contributed by atoms with Gasteiger partial charge < -0.3 is 15.4 Å². The van der Waals surface area contributed by atoms with Gasteiger partial charge in [-0.3, -0.25) is 0 Å². The molecule has 2 N–H and O–H groups in total. The highest BCUT2D eigenvalue weighted by atomic mass is 32.1. The van der Waals surface area contributed by atoms with Crippen LogP contribution in [0.5, 0.6) is 6.01 Å². The molecule has 0 atom stereocenters. The predicted octanol–water partition coefficient (Wildman–Crippen LogP) is 3.07. The van der Waals surface area contributed by atoms with Crippen molar-refractivity contribution in [1.82, 2.24) is 15.0 Å². The van der Waals surface area contributed by atoms with E-state index in [2.05, 4.69) is 43.3 Å². The van der Waals surface area contributed by atoms with Crippen molar-refractivity contribution in [2.75, 3.05) is 17.2 Å². The monoisotopic (exact) mass is 307 g/mol. The Hall–Kier alpha value is -1.89. The highest BCUT2D eigenvalue weighted by molar-refractivity contribution is 7.08. The van der Waals surface area contributed by atoms with Crippen molar-refractivity contribution >= 4 is 23.2 Å². The van der Waals surface area contributed by atoms with Gasteiger partial charge in [0.25, 0.3) is 0 Å². The zero-order chi connectivity index (χ0) is 15.2. The van der Waals surface area contributed by atoms with E-state index in [1.807, 2.05) is 20.8 Å². The van der Waals surface area contributed by atoms with Gasteiger partial charge in [0.1, 0.15) is 0 Å². The van der Waals surface area contributed by atoms with Crippen LogP contribution in [0.15, 0.2) is 10.8 Å². The Morgan fingerprint density at radius 1 is 1.14 bits per heavy atom. The predicted molar refractivity (Wildman–Crippen MR) is 86.1 cm³/mol. The summed E-state index contributed by atoms with van der Waals surface area (Å²) < 4.78 is 5.56. The average molecular weight is 307 g/mol. The fourth-order valence-electron chi connectivity index (χ4n) is 1.68. The van der Waals surface area contributed by atoms with Gasteiger partial charge in [-0.2, -0.15) is 26.3 Å². The summed E-state index contributed by atoms with van der Waals surface area (Å²) in [6.45, 7) is 9.41. The Bertz CT molecular complexity index is 584. The van der Waals surface area contributed by atoms with Crippen LogP contribution in [0.2, 0.25) is 0 Å². The number of rotatable bonds is 7. The minimum absolute atomic E-state index is 0.0221. The number of aryl methyl sites for hydroxylation is 1. The van der Waals surface area contributed by atoms with E-state index in [9.17, 15) is 0 Å². The first-order chi connectivity index (χ1) is 10.1. The summed E-state index contributed by atoms with van der Waals surface area (Å²) in [4.78, 5) is 12.9. The highest BCUT2D eigenvalue weighted by Crippen LogP contribution is 2.17. The Labute approximate surface area is 129 Å². The molecule has 0 spiro atoms. The number of aromatic nitrogens is 3. The highest BCUT2D eigenvalue weighted by Gasteiger charge is 2.09. The van der Waals surface area contributed by atoms with Gasteiger partial charge in [0.05, 0.1) is 6.10 Å². The smallest absolute Gasteiger partial charge is 0.323 e. The van der Waals surface area contributed by atoms with E-state index in [4.69, 9.17) is 4.74 Å². The van der Waals surface area contributed by atoms with Gasteiger partial charge in [0, 0.05) is 13.1 Å². The zero-order valence-corrected chi connectivity index (χ0v) is 13.6. The molecule has 0 saturated carbocycles. The minimum atomic E-state index is 0.0221. The lowest BCUT2D eigenvalue weighted by atomic mass is 10.2. The normalized spacial score (nSPS) is 10.7. The molecule has 0 saturated heterocycles. The second-order valence-corrected chi connectivity index (χ2v) is 5.64. The molecule has 6 nitrogen and oxygen atoms in total. The van der Waals surface area contributed by atoms with Crippen molar-refractivity contribution < 1.29 is 4.74 Å². The van der Waals surface area contributed by atoms with Gasteiger partial charge in [0.2, 0.25) is 11.9 Å².